The van der Waals surface area contributed by atoms with Gasteiger partial charge in [0, 0.05) is 6.54 Å². The molecule has 1 fully saturated rings. The Balaban J connectivity index is 1.61. The molecule has 1 aliphatic carbocycles. The number of benzene rings is 2. The molecule has 0 spiro atoms. The molecule has 6 heteroatoms. The Bertz CT molecular complexity index is 1110. The van der Waals surface area contributed by atoms with Crippen LogP contribution >= 0.6 is 0 Å². The Morgan fingerprint density at radius 3 is 2.25 bits per heavy atom. The van der Waals surface area contributed by atoms with Crippen LogP contribution in [0.3, 0.4) is 0 Å². The van der Waals surface area contributed by atoms with E-state index in [1.807, 2.05) is 39.0 Å². The van der Waals surface area contributed by atoms with Crippen LogP contribution in [0.4, 0.5) is 0 Å². The first-order chi connectivity index (χ1) is 17.1. The monoisotopic (exact) mass is 490 g/mol. The lowest BCUT2D eigenvalue weighted by Crippen LogP contribution is -2.66. The second-order valence-electron chi connectivity index (χ2n) is 11.1. The highest BCUT2D eigenvalue weighted by atomic mass is 16.6. The fourth-order valence-corrected chi connectivity index (χ4v) is 5.62. The van der Waals surface area contributed by atoms with Crippen LogP contribution in [0.5, 0.6) is 0 Å². The van der Waals surface area contributed by atoms with Gasteiger partial charge in [-0.25, -0.2) is 4.79 Å². The molecule has 2 atom stereocenters. The predicted molar refractivity (Wildman–Crippen MR) is 139 cm³/mol. The fraction of sp³-hybridized carbons (Fsp3) is 0.500. The van der Waals surface area contributed by atoms with Crippen molar-refractivity contribution < 1.29 is 19.1 Å². The highest BCUT2D eigenvalue weighted by molar-refractivity contribution is 5.97. The summed E-state index contributed by atoms with van der Waals surface area (Å²) in [5.41, 5.74) is 3.16. The van der Waals surface area contributed by atoms with Crippen molar-refractivity contribution in [2.45, 2.75) is 84.5 Å². The van der Waals surface area contributed by atoms with Crippen molar-refractivity contribution >= 4 is 17.8 Å². The minimum absolute atomic E-state index is 0.0352. The normalized spacial score (nSPS) is 20.4. The molecule has 0 bridgehead atoms. The van der Waals surface area contributed by atoms with E-state index in [4.69, 9.17) is 4.74 Å². The maximum Gasteiger partial charge on any atom is 0.338 e. The van der Waals surface area contributed by atoms with Crippen molar-refractivity contribution in [3.05, 3.63) is 70.8 Å². The lowest BCUT2D eigenvalue weighted by atomic mass is 9.86. The third-order valence-electron chi connectivity index (χ3n) is 7.42. The zero-order chi connectivity index (χ0) is 26.0. The van der Waals surface area contributed by atoms with Crippen molar-refractivity contribution in [2.75, 3.05) is 0 Å². The Kier molecular flexibility index (Phi) is 7.53. The second kappa shape index (κ2) is 10.5. The van der Waals surface area contributed by atoms with Gasteiger partial charge in [-0.1, -0.05) is 63.1 Å². The summed E-state index contributed by atoms with van der Waals surface area (Å²) in [6.45, 7) is 9.91. The van der Waals surface area contributed by atoms with Gasteiger partial charge >= 0.3 is 5.97 Å². The number of nitrogens with one attached hydrogen (secondary N) is 1. The number of nitrogens with zero attached hydrogens (tertiary/aromatic N) is 1. The van der Waals surface area contributed by atoms with Crippen molar-refractivity contribution in [3.63, 3.8) is 0 Å². The Labute approximate surface area is 214 Å². The molecular weight excluding hydrogens is 452 g/mol. The van der Waals surface area contributed by atoms with Gasteiger partial charge in [0.25, 0.3) is 0 Å². The van der Waals surface area contributed by atoms with E-state index in [0.29, 0.717) is 5.56 Å². The number of amides is 2. The van der Waals surface area contributed by atoms with Gasteiger partial charge in [0.05, 0.1) is 5.56 Å². The second-order valence-corrected chi connectivity index (χ2v) is 11.1. The molecule has 4 rings (SSSR count). The van der Waals surface area contributed by atoms with Crippen LogP contribution in [0.25, 0.3) is 0 Å². The molecule has 1 saturated heterocycles. The molecule has 1 heterocycles. The van der Waals surface area contributed by atoms with Crippen molar-refractivity contribution in [1.82, 2.24) is 10.2 Å². The fourth-order valence-electron chi connectivity index (χ4n) is 5.62. The Morgan fingerprint density at radius 2 is 1.67 bits per heavy atom. The van der Waals surface area contributed by atoms with E-state index >= 15 is 0 Å². The van der Waals surface area contributed by atoms with Crippen molar-refractivity contribution in [1.29, 1.82) is 0 Å². The molecule has 0 aromatic heterocycles. The van der Waals surface area contributed by atoms with E-state index in [0.717, 1.165) is 31.2 Å². The zero-order valence-corrected chi connectivity index (χ0v) is 22.0. The smallest absolute Gasteiger partial charge is 0.338 e. The van der Waals surface area contributed by atoms with Crippen LogP contribution in [0, 0.1) is 11.8 Å². The van der Waals surface area contributed by atoms with Gasteiger partial charge in [-0.2, -0.15) is 0 Å². The molecule has 6 nitrogen and oxygen atoms in total. The highest BCUT2D eigenvalue weighted by Gasteiger charge is 2.46. The molecule has 0 unspecified atom stereocenters. The van der Waals surface area contributed by atoms with Crippen LogP contribution in [0.2, 0.25) is 0 Å². The number of hydrogen-bond donors (Lipinski definition) is 1. The molecule has 0 saturated carbocycles. The van der Waals surface area contributed by atoms with Crippen molar-refractivity contribution in [3.8, 4) is 0 Å². The maximum atomic E-state index is 14.0. The molecule has 2 aliphatic rings. The summed E-state index contributed by atoms with van der Waals surface area (Å²) in [6, 6.07) is 14.4. The zero-order valence-electron chi connectivity index (χ0n) is 22.0. The quantitative estimate of drug-likeness (QED) is 0.572. The number of hydrogen-bond acceptors (Lipinski definition) is 4. The van der Waals surface area contributed by atoms with E-state index in [9.17, 15) is 14.4 Å². The Hall–Kier alpha value is -3.15. The molecule has 192 valence electrons. The summed E-state index contributed by atoms with van der Waals surface area (Å²) in [5.74, 6) is -0.411. The van der Waals surface area contributed by atoms with E-state index in [-0.39, 0.29) is 30.2 Å². The van der Waals surface area contributed by atoms with Crippen LogP contribution in [-0.4, -0.2) is 40.4 Å². The largest absolute Gasteiger partial charge is 0.456 e. The third-order valence-corrected chi connectivity index (χ3v) is 7.42. The standard InChI is InChI=1S/C30H38N2O4/c1-6-20(7-2)26-27(33)31-25(24-16-21-12-8-9-13-22(21)17-24)28(34)32(26)18-19-11-10-14-23(15-19)29(35)36-30(3,4)5/h8-15,20,24-26H,6-7,16-18H2,1-5H3,(H,31,33)/t25-,26-/m1/s1. The van der Waals surface area contributed by atoms with Gasteiger partial charge in [0.15, 0.2) is 0 Å². The summed E-state index contributed by atoms with van der Waals surface area (Å²) in [7, 11) is 0. The molecule has 2 aromatic rings. The van der Waals surface area contributed by atoms with E-state index in [1.54, 1.807) is 23.1 Å². The minimum atomic E-state index is -0.597. The third kappa shape index (κ3) is 5.48. The van der Waals surface area contributed by atoms with E-state index < -0.39 is 23.7 Å². The summed E-state index contributed by atoms with van der Waals surface area (Å²) in [6.07, 6.45) is 3.17. The van der Waals surface area contributed by atoms with Crippen molar-refractivity contribution in [2.24, 2.45) is 11.8 Å². The van der Waals surface area contributed by atoms with Gasteiger partial charge in [-0.3, -0.25) is 9.59 Å². The topological polar surface area (TPSA) is 75.7 Å². The Morgan fingerprint density at radius 1 is 1.03 bits per heavy atom. The first kappa shape index (κ1) is 25.9. The molecule has 2 aromatic carbocycles. The molecule has 1 N–H and O–H groups in total. The molecular formula is C30H38N2O4. The number of carbonyl (C=O) groups is 3. The van der Waals surface area contributed by atoms with Crippen LogP contribution in [0.1, 0.15) is 74.5 Å². The maximum absolute atomic E-state index is 14.0. The number of esters is 1. The van der Waals surface area contributed by atoms with Crippen LogP contribution in [-0.2, 0) is 33.7 Å². The summed E-state index contributed by atoms with van der Waals surface area (Å²) < 4.78 is 5.53. The van der Waals surface area contributed by atoms with Crippen LogP contribution in [0.15, 0.2) is 48.5 Å². The van der Waals surface area contributed by atoms with Crippen LogP contribution < -0.4 is 5.32 Å². The van der Waals surface area contributed by atoms with Gasteiger partial charge in [0.1, 0.15) is 17.7 Å². The first-order valence-corrected chi connectivity index (χ1v) is 13.1. The minimum Gasteiger partial charge on any atom is -0.456 e. The molecule has 0 radical (unpaired) electrons. The van der Waals surface area contributed by atoms with E-state index in [1.165, 1.54) is 11.1 Å². The average Bonchev–Trinajstić information content (AvgIpc) is 3.26. The number of ether oxygens (including phenoxy) is 1. The highest BCUT2D eigenvalue weighted by Crippen LogP contribution is 2.33. The van der Waals surface area contributed by atoms with E-state index in [2.05, 4.69) is 31.3 Å². The molecule has 1 aliphatic heterocycles. The number of piperazine rings is 1. The number of rotatable bonds is 7. The number of carbonyl (C=O) groups excluding carboxylic acids is 3. The predicted octanol–water partition coefficient (Wildman–Crippen LogP) is 4.69. The molecule has 2 amide bonds. The van der Waals surface area contributed by atoms with Gasteiger partial charge in [0.2, 0.25) is 11.8 Å². The first-order valence-electron chi connectivity index (χ1n) is 13.1. The van der Waals surface area contributed by atoms with Gasteiger partial charge < -0.3 is 15.0 Å². The lowest BCUT2D eigenvalue weighted by Gasteiger charge is -2.43. The average molecular weight is 491 g/mol. The lowest BCUT2D eigenvalue weighted by molar-refractivity contribution is -0.154. The van der Waals surface area contributed by atoms with Gasteiger partial charge in [-0.15, -0.1) is 0 Å². The summed E-state index contributed by atoms with van der Waals surface area (Å²) in [5, 5.41) is 3.11. The SMILES string of the molecule is CCC(CC)[C@@H]1C(=O)N[C@H](C2Cc3ccccc3C2)C(=O)N1Cc1cccc(C(=O)OC(C)(C)C)c1. The summed E-state index contributed by atoms with van der Waals surface area (Å²) >= 11 is 0. The molecule has 36 heavy (non-hydrogen) atoms. The number of fused-ring (bicyclic) bond motifs is 1. The van der Waals surface area contributed by atoms with Gasteiger partial charge in [-0.05, 0) is 74.3 Å². The summed E-state index contributed by atoms with van der Waals surface area (Å²) in [4.78, 5) is 41.9.